The summed E-state index contributed by atoms with van der Waals surface area (Å²) < 4.78 is 64.3. The Morgan fingerprint density at radius 1 is 1.04 bits per heavy atom. The Bertz CT molecular complexity index is 759. The number of carbonyl (C=O) groups excluding carboxylic acids is 1. The average Bonchev–Trinajstić information content (AvgIpc) is 2.49. The fourth-order valence-electron chi connectivity index (χ4n) is 1.89. The molecule has 0 saturated carbocycles. The van der Waals surface area contributed by atoms with Crippen LogP contribution in [0.4, 0.5) is 32.4 Å². The number of alkyl halides is 3. The quantitative estimate of drug-likeness (QED) is 0.784. The maximum atomic E-state index is 13.6. The summed E-state index contributed by atoms with van der Waals surface area (Å²) in [6, 6.07) is 5.38. The van der Waals surface area contributed by atoms with Crippen LogP contribution >= 0.6 is 0 Å². The van der Waals surface area contributed by atoms with E-state index >= 15 is 0 Å². The molecule has 0 fully saturated rings. The summed E-state index contributed by atoms with van der Waals surface area (Å²) >= 11 is 0. The Morgan fingerprint density at radius 2 is 1.75 bits per heavy atom. The van der Waals surface area contributed by atoms with Crippen molar-refractivity contribution in [3.8, 4) is 0 Å². The molecule has 0 aliphatic heterocycles. The standard InChI is InChI=1S/C16H13F5N2O/c1-9-2-5-12(7-13(9)17)23-15(24)22-8-10-3-4-11(6-14(10)18)16(19,20)21/h2-7H,8H2,1H3,(H2,22,23,24). The van der Waals surface area contributed by atoms with E-state index in [9.17, 15) is 26.7 Å². The second kappa shape index (κ2) is 6.86. The summed E-state index contributed by atoms with van der Waals surface area (Å²) in [7, 11) is 0. The molecule has 0 heterocycles. The topological polar surface area (TPSA) is 41.1 Å². The number of aryl methyl sites for hydroxylation is 1. The molecule has 0 aromatic heterocycles. The molecule has 128 valence electrons. The van der Waals surface area contributed by atoms with E-state index in [-0.39, 0.29) is 17.8 Å². The third-order valence-corrected chi connectivity index (χ3v) is 3.25. The number of rotatable bonds is 3. The van der Waals surface area contributed by atoms with E-state index in [2.05, 4.69) is 10.6 Å². The average molecular weight is 344 g/mol. The lowest BCUT2D eigenvalue weighted by molar-refractivity contribution is -0.137. The van der Waals surface area contributed by atoms with E-state index in [4.69, 9.17) is 0 Å². The molecule has 24 heavy (non-hydrogen) atoms. The van der Waals surface area contributed by atoms with Gasteiger partial charge in [0, 0.05) is 17.8 Å². The maximum absolute atomic E-state index is 13.6. The van der Waals surface area contributed by atoms with Crippen LogP contribution in [-0.2, 0) is 12.7 Å². The van der Waals surface area contributed by atoms with E-state index in [1.807, 2.05) is 0 Å². The van der Waals surface area contributed by atoms with Crippen molar-refractivity contribution in [1.82, 2.24) is 5.32 Å². The highest BCUT2D eigenvalue weighted by Crippen LogP contribution is 2.30. The third-order valence-electron chi connectivity index (χ3n) is 3.25. The number of hydrogen-bond acceptors (Lipinski definition) is 1. The van der Waals surface area contributed by atoms with Gasteiger partial charge in [0.2, 0.25) is 0 Å². The zero-order valence-electron chi connectivity index (χ0n) is 12.5. The van der Waals surface area contributed by atoms with Crippen LogP contribution in [0.5, 0.6) is 0 Å². The first-order valence-corrected chi connectivity index (χ1v) is 6.83. The van der Waals surface area contributed by atoms with E-state index < -0.39 is 29.4 Å². The minimum Gasteiger partial charge on any atom is -0.334 e. The number of carbonyl (C=O) groups is 1. The van der Waals surface area contributed by atoms with Gasteiger partial charge in [0.15, 0.2) is 0 Å². The van der Waals surface area contributed by atoms with Crippen LogP contribution in [-0.4, -0.2) is 6.03 Å². The molecule has 2 amide bonds. The number of nitrogens with one attached hydrogen (secondary N) is 2. The van der Waals surface area contributed by atoms with E-state index in [0.29, 0.717) is 11.6 Å². The first-order chi connectivity index (χ1) is 11.2. The Labute approximate surface area is 134 Å². The number of amides is 2. The number of benzene rings is 2. The molecule has 0 spiro atoms. The molecule has 0 unspecified atom stereocenters. The fourth-order valence-corrected chi connectivity index (χ4v) is 1.89. The largest absolute Gasteiger partial charge is 0.416 e. The number of halogens is 5. The Morgan fingerprint density at radius 3 is 2.33 bits per heavy atom. The van der Waals surface area contributed by atoms with Crippen LogP contribution in [0, 0.1) is 18.6 Å². The molecule has 2 aromatic rings. The number of urea groups is 1. The second-order valence-corrected chi connectivity index (χ2v) is 5.08. The van der Waals surface area contributed by atoms with Gasteiger partial charge in [0.25, 0.3) is 0 Å². The second-order valence-electron chi connectivity index (χ2n) is 5.08. The van der Waals surface area contributed by atoms with Crippen LogP contribution in [0.1, 0.15) is 16.7 Å². The van der Waals surface area contributed by atoms with Gasteiger partial charge in [-0.3, -0.25) is 0 Å². The first kappa shape index (κ1) is 17.7. The lowest BCUT2D eigenvalue weighted by Crippen LogP contribution is -2.28. The van der Waals surface area contributed by atoms with Gasteiger partial charge in [-0.05, 0) is 36.8 Å². The smallest absolute Gasteiger partial charge is 0.334 e. The minimum atomic E-state index is -4.64. The molecule has 2 rings (SSSR count). The monoisotopic (exact) mass is 344 g/mol. The van der Waals surface area contributed by atoms with E-state index in [0.717, 1.165) is 18.2 Å². The molecule has 2 N–H and O–H groups in total. The molecule has 2 aromatic carbocycles. The van der Waals surface area contributed by atoms with Crippen molar-refractivity contribution in [3.05, 3.63) is 64.7 Å². The molecule has 0 radical (unpaired) electrons. The highest BCUT2D eigenvalue weighted by molar-refractivity contribution is 5.89. The Kier molecular flexibility index (Phi) is 5.06. The van der Waals surface area contributed by atoms with Gasteiger partial charge in [0.05, 0.1) is 5.56 Å². The highest BCUT2D eigenvalue weighted by atomic mass is 19.4. The van der Waals surface area contributed by atoms with Crippen molar-refractivity contribution >= 4 is 11.7 Å². The van der Waals surface area contributed by atoms with E-state index in [1.54, 1.807) is 6.92 Å². The zero-order valence-corrected chi connectivity index (χ0v) is 12.5. The zero-order chi connectivity index (χ0) is 17.9. The summed E-state index contributed by atoms with van der Waals surface area (Å²) in [5.74, 6) is -1.58. The molecular weight excluding hydrogens is 331 g/mol. The number of hydrogen-bond donors (Lipinski definition) is 2. The molecule has 0 bridgehead atoms. The van der Waals surface area contributed by atoms with Crippen molar-refractivity contribution in [2.45, 2.75) is 19.6 Å². The van der Waals surface area contributed by atoms with Gasteiger partial charge in [-0.15, -0.1) is 0 Å². The highest BCUT2D eigenvalue weighted by Gasteiger charge is 2.31. The predicted molar refractivity (Wildman–Crippen MR) is 78.4 cm³/mol. The lowest BCUT2D eigenvalue weighted by Gasteiger charge is -2.11. The summed E-state index contributed by atoms with van der Waals surface area (Å²) in [4.78, 5) is 11.7. The normalized spacial score (nSPS) is 11.2. The van der Waals surface area contributed by atoms with Crippen LogP contribution in [0.3, 0.4) is 0 Å². The predicted octanol–water partition coefficient (Wildman–Crippen LogP) is 4.61. The van der Waals surface area contributed by atoms with Gasteiger partial charge in [0.1, 0.15) is 11.6 Å². The Hall–Kier alpha value is -2.64. The lowest BCUT2D eigenvalue weighted by atomic mass is 10.1. The van der Waals surface area contributed by atoms with Crippen LogP contribution in [0.25, 0.3) is 0 Å². The van der Waals surface area contributed by atoms with Crippen LogP contribution < -0.4 is 10.6 Å². The SMILES string of the molecule is Cc1ccc(NC(=O)NCc2ccc(C(F)(F)F)cc2F)cc1F. The van der Waals surface area contributed by atoms with Crippen molar-refractivity contribution in [2.75, 3.05) is 5.32 Å². The van der Waals surface area contributed by atoms with Gasteiger partial charge < -0.3 is 10.6 Å². The third kappa shape index (κ3) is 4.43. The van der Waals surface area contributed by atoms with Gasteiger partial charge in [-0.1, -0.05) is 12.1 Å². The van der Waals surface area contributed by atoms with Gasteiger partial charge >= 0.3 is 12.2 Å². The molecule has 8 heteroatoms. The molecule has 0 saturated heterocycles. The first-order valence-electron chi connectivity index (χ1n) is 6.83. The molecule has 0 aliphatic rings. The van der Waals surface area contributed by atoms with Crippen LogP contribution in [0.15, 0.2) is 36.4 Å². The summed E-state index contributed by atoms with van der Waals surface area (Å²) in [6.45, 7) is 1.25. The Balaban J connectivity index is 1.97. The summed E-state index contributed by atoms with van der Waals surface area (Å²) in [6.07, 6.45) is -4.64. The summed E-state index contributed by atoms with van der Waals surface area (Å²) in [5, 5.41) is 4.63. The molecular formula is C16H13F5N2O. The van der Waals surface area contributed by atoms with E-state index in [1.165, 1.54) is 12.1 Å². The van der Waals surface area contributed by atoms with Gasteiger partial charge in [-0.25, -0.2) is 13.6 Å². The van der Waals surface area contributed by atoms with Crippen LogP contribution in [0.2, 0.25) is 0 Å². The van der Waals surface area contributed by atoms with Crippen molar-refractivity contribution in [1.29, 1.82) is 0 Å². The molecule has 0 atom stereocenters. The molecule has 3 nitrogen and oxygen atoms in total. The van der Waals surface area contributed by atoms with Gasteiger partial charge in [-0.2, -0.15) is 13.2 Å². The molecule has 0 aliphatic carbocycles. The maximum Gasteiger partial charge on any atom is 0.416 e. The minimum absolute atomic E-state index is 0.103. The van der Waals surface area contributed by atoms with Crippen molar-refractivity contribution in [2.24, 2.45) is 0 Å². The van der Waals surface area contributed by atoms with Crippen molar-refractivity contribution < 1.29 is 26.7 Å². The fraction of sp³-hybridized carbons (Fsp3) is 0.188. The van der Waals surface area contributed by atoms with Crippen molar-refractivity contribution in [3.63, 3.8) is 0 Å². The summed E-state index contributed by atoms with van der Waals surface area (Å²) in [5.41, 5.74) is -0.604. The number of anilines is 1.